The molecule has 13 nitrogen and oxygen atoms in total. The van der Waals surface area contributed by atoms with Crippen molar-refractivity contribution in [2.24, 2.45) is 10.9 Å². The number of benzene rings is 1. The molecule has 0 saturated carbocycles. The van der Waals surface area contributed by atoms with Gasteiger partial charge >= 0.3 is 17.9 Å². The highest BCUT2D eigenvalue weighted by Gasteiger charge is 2.30. The average Bonchev–Trinajstić information content (AvgIpc) is 3.47. The fourth-order valence-electron chi connectivity index (χ4n) is 4.79. The number of amides is 2. The average molecular weight is 666 g/mol. The monoisotopic (exact) mass is 665 g/mol. The van der Waals surface area contributed by atoms with Gasteiger partial charge in [-0.05, 0) is 55.9 Å². The van der Waals surface area contributed by atoms with Crippen molar-refractivity contribution in [1.82, 2.24) is 4.57 Å². The molecule has 0 radical (unpaired) electrons. The normalized spacial score (nSPS) is 15.0. The molecule has 0 saturated heterocycles. The highest BCUT2D eigenvalue weighted by Crippen LogP contribution is 2.40. The van der Waals surface area contributed by atoms with Gasteiger partial charge in [-0.15, -0.1) is 11.3 Å². The van der Waals surface area contributed by atoms with Crippen molar-refractivity contribution < 1.29 is 46.6 Å². The number of aromatic nitrogens is 1. The van der Waals surface area contributed by atoms with Crippen LogP contribution in [0.25, 0.3) is 10.2 Å². The summed E-state index contributed by atoms with van der Waals surface area (Å²) in [6.07, 6.45) is 2.23. The molecule has 1 aromatic carbocycles. The van der Waals surface area contributed by atoms with E-state index in [0.29, 0.717) is 22.6 Å². The summed E-state index contributed by atoms with van der Waals surface area (Å²) in [7, 11) is -1.83. The molecule has 2 aromatic heterocycles. The van der Waals surface area contributed by atoms with Gasteiger partial charge < -0.3 is 24.1 Å². The fraction of sp³-hybridized carbons (Fsp3) is 0.429. The summed E-state index contributed by atoms with van der Waals surface area (Å²) in [5.41, 5.74) is 1.71. The molecule has 3 aromatic rings. The summed E-state index contributed by atoms with van der Waals surface area (Å²) < 4.78 is 42.2. The first-order chi connectivity index (χ1) is 20.8. The van der Waals surface area contributed by atoms with Gasteiger partial charge in [0.1, 0.15) is 23.1 Å². The highest BCUT2D eigenvalue weighted by atomic mass is 32.2. The first-order valence-corrected chi connectivity index (χ1v) is 17.0. The number of nitrogens with zero attached hydrogens (tertiary/aromatic N) is 2. The Hall–Kier alpha value is -3.89. The summed E-state index contributed by atoms with van der Waals surface area (Å²) in [4.78, 5) is 67.3. The van der Waals surface area contributed by atoms with Crippen LogP contribution in [0, 0.1) is 5.92 Å². The highest BCUT2D eigenvalue weighted by molar-refractivity contribution is 7.92. The number of fused-ring (bicyclic) bond motifs is 2. The van der Waals surface area contributed by atoms with Crippen molar-refractivity contribution in [3.63, 3.8) is 0 Å². The number of ether oxygens (including phenoxy) is 3. The van der Waals surface area contributed by atoms with Crippen molar-refractivity contribution in [1.29, 1.82) is 0 Å². The van der Waals surface area contributed by atoms with Gasteiger partial charge in [-0.1, -0.05) is 18.3 Å². The molecular weight excluding hydrogens is 635 g/mol. The van der Waals surface area contributed by atoms with Gasteiger partial charge in [0.15, 0.2) is 14.6 Å². The number of esters is 3. The molecule has 1 aliphatic rings. The number of carbonyl (C=O) groups excluding carboxylic acids is 5. The Morgan fingerprint density at radius 1 is 1.07 bits per heavy atom. The zero-order valence-electron chi connectivity index (χ0n) is 24.5. The Morgan fingerprint density at radius 3 is 2.48 bits per heavy atom. The lowest BCUT2D eigenvalue weighted by atomic mass is 9.88. The van der Waals surface area contributed by atoms with E-state index in [0.717, 1.165) is 34.6 Å². The van der Waals surface area contributed by atoms with Crippen LogP contribution < -0.4 is 10.1 Å². The number of sulfone groups is 1. The minimum atomic E-state index is -4.29. The zero-order valence-corrected chi connectivity index (χ0v) is 26.9. The van der Waals surface area contributed by atoms with Gasteiger partial charge in [0.25, 0.3) is 5.91 Å². The first kappa shape index (κ1) is 33.0. The van der Waals surface area contributed by atoms with Crippen LogP contribution in [0.3, 0.4) is 0 Å². The van der Waals surface area contributed by atoms with Crippen LogP contribution in [0.4, 0.5) is 5.00 Å². The molecule has 236 valence electrons. The van der Waals surface area contributed by atoms with Crippen LogP contribution >= 0.6 is 22.7 Å². The van der Waals surface area contributed by atoms with E-state index in [-0.39, 0.29) is 34.1 Å². The number of hydrogen-bond donors (Lipinski definition) is 1. The predicted molar refractivity (Wildman–Crippen MR) is 162 cm³/mol. The van der Waals surface area contributed by atoms with Crippen molar-refractivity contribution in [3.05, 3.63) is 44.6 Å². The van der Waals surface area contributed by atoms with Gasteiger partial charge in [0, 0.05) is 4.88 Å². The molecule has 4 rings (SSSR count). The van der Waals surface area contributed by atoms with E-state index in [9.17, 15) is 32.4 Å². The van der Waals surface area contributed by atoms with E-state index in [1.807, 2.05) is 0 Å². The lowest BCUT2D eigenvalue weighted by molar-refractivity contribution is -0.143. The number of hydrogen-bond acceptors (Lipinski definition) is 12. The maximum Gasteiger partial charge on any atom is 0.341 e. The number of anilines is 1. The van der Waals surface area contributed by atoms with Crippen LogP contribution in [0.2, 0.25) is 0 Å². The van der Waals surface area contributed by atoms with Crippen LogP contribution in [-0.4, -0.2) is 75.0 Å². The zero-order chi connectivity index (χ0) is 32.2. The van der Waals surface area contributed by atoms with Gasteiger partial charge in [-0.25, -0.2) is 18.0 Å². The topological polar surface area (TPSA) is 176 Å². The SMILES string of the molecule is CCOC(=O)Cn1c(=NC(=O)CS(=O)(=O)CC(=O)Nc2sc3c(c2C(=O)OC)CCC(C)C3)sc2cc(C(=O)OC)ccc21. The Balaban J connectivity index is 1.56. The van der Waals surface area contributed by atoms with Crippen molar-refractivity contribution in [2.45, 2.75) is 39.7 Å². The Labute approximate surface area is 260 Å². The number of nitrogens with one attached hydrogen (secondary N) is 1. The van der Waals surface area contributed by atoms with Gasteiger partial charge in [0.05, 0.1) is 42.2 Å². The molecule has 44 heavy (non-hydrogen) atoms. The molecule has 2 heterocycles. The maximum atomic E-state index is 12.9. The second-order valence-electron chi connectivity index (χ2n) is 10.1. The second kappa shape index (κ2) is 13.8. The van der Waals surface area contributed by atoms with E-state index < -0.39 is 51.1 Å². The second-order valence-corrected chi connectivity index (χ2v) is 14.3. The first-order valence-electron chi connectivity index (χ1n) is 13.5. The van der Waals surface area contributed by atoms with Crippen molar-refractivity contribution >= 4 is 77.5 Å². The Morgan fingerprint density at radius 2 is 1.80 bits per heavy atom. The van der Waals surface area contributed by atoms with E-state index in [1.54, 1.807) is 13.0 Å². The minimum absolute atomic E-state index is 0.000773. The number of thiazole rings is 1. The third-order valence-corrected chi connectivity index (χ3v) is 10.4. The Bertz CT molecular complexity index is 1820. The van der Waals surface area contributed by atoms with Crippen LogP contribution in [0.5, 0.6) is 0 Å². The molecule has 2 amide bonds. The molecule has 1 aliphatic carbocycles. The van der Waals surface area contributed by atoms with Crippen molar-refractivity contribution in [2.75, 3.05) is 37.6 Å². The van der Waals surface area contributed by atoms with Gasteiger partial charge in [-0.2, -0.15) is 4.99 Å². The molecule has 1 unspecified atom stereocenters. The summed E-state index contributed by atoms with van der Waals surface area (Å²) in [6.45, 7) is 3.52. The molecule has 16 heteroatoms. The third kappa shape index (κ3) is 7.60. The molecule has 1 N–H and O–H groups in total. The van der Waals surface area contributed by atoms with Gasteiger partial charge in [0.2, 0.25) is 5.91 Å². The van der Waals surface area contributed by atoms with Gasteiger partial charge in [-0.3, -0.25) is 14.4 Å². The Kier molecular flexibility index (Phi) is 10.4. The summed E-state index contributed by atoms with van der Waals surface area (Å²) in [5, 5.41) is 2.73. The number of thiophene rings is 1. The number of carbonyl (C=O) groups is 5. The van der Waals surface area contributed by atoms with E-state index in [2.05, 4.69) is 17.2 Å². The molecule has 0 bridgehead atoms. The number of rotatable bonds is 10. The minimum Gasteiger partial charge on any atom is -0.465 e. The van der Waals surface area contributed by atoms with E-state index in [1.165, 1.54) is 42.3 Å². The van der Waals surface area contributed by atoms with Crippen LogP contribution in [0.1, 0.15) is 51.4 Å². The lowest BCUT2D eigenvalue weighted by Gasteiger charge is -2.18. The van der Waals surface area contributed by atoms with Crippen molar-refractivity contribution in [3.8, 4) is 0 Å². The van der Waals surface area contributed by atoms with E-state index in [4.69, 9.17) is 14.2 Å². The molecule has 0 spiro atoms. The summed E-state index contributed by atoms with van der Waals surface area (Å²) >= 11 is 2.17. The van der Waals surface area contributed by atoms with E-state index >= 15 is 0 Å². The molecule has 0 aliphatic heterocycles. The summed E-state index contributed by atoms with van der Waals surface area (Å²) in [5.74, 6) is -5.50. The third-order valence-electron chi connectivity index (χ3n) is 6.77. The maximum absolute atomic E-state index is 12.9. The lowest BCUT2D eigenvalue weighted by Crippen LogP contribution is -2.29. The largest absolute Gasteiger partial charge is 0.465 e. The fourth-order valence-corrected chi connectivity index (χ4v) is 8.30. The summed E-state index contributed by atoms with van der Waals surface area (Å²) in [6, 6.07) is 4.53. The standard InChI is InChI=1S/C28H31N3O10S3/c1-5-41-23(34)12-31-18-9-7-16(26(35)39-3)11-20(18)43-28(31)30-22(33)14-44(37,38)13-21(32)29-25-24(27(36)40-4)17-8-6-15(2)10-19(17)42-25/h7,9,11,15H,5-6,8,10,12-14H2,1-4H3,(H,29,32). The quantitative estimate of drug-likeness (QED) is 0.250. The predicted octanol–water partition coefficient (Wildman–Crippen LogP) is 2.51. The van der Waals surface area contributed by atoms with Crippen LogP contribution in [0.15, 0.2) is 23.2 Å². The molecular formula is C28H31N3O10S3. The van der Waals surface area contributed by atoms with Crippen LogP contribution in [-0.2, 0) is 57.8 Å². The smallest absolute Gasteiger partial charge is 0.341 e. The number of methoxy groups -OCH3 is 2. The molecule has 1 atom stereocenters. The molecule has 0 fully saturated rings.